The van der Waals surface area contributed by atoms with E-state index >= 15 is 0 Å². The maximum atomic E-state index is 12.9. The lowest BCUT2D eigenvalue weighted by atomic mass is 9.81. The number of aliphatic carboxylic acids is 1. The van der Waals surface area contributed by atoms with Gasteiger partial charge in [-0.2, -0.15) is 5.10 Å². The Morgan fingerprint density at radius 3 is 2.69 bits per heavy atom. The van der Waals surface area contributed by atoms with Crippen LogP contribution in [-0.2, 0) is 23.2 Å². The number of carboxylic acid groups (broad SMARTS) is 1. The Morgan fingerprint density at radius 1 is 1.31 bits per heavy atom. The van der Waals surface area contributed by atoms with Crippen molar-refractivity contribution in [2.75, 3.05) is 26.2 Å². The van der Waals surface area contributed by atoms with Crippen LogP contribution in [0.4, 0.5) is 0 Å². The molecule has 26 heavy (non-hydrogen) atoms. The zero-order chi connectivity index (χ0) is 18.1. The second-order valence-electron chi connectivity index (χ2n) is 8.80. The Hall–Kier alpha value is -1.89. The molecule has 1 aromatic heterocycles. The second-order valence-corrected chi connectivity index (χ2v) is 8.80. The van der Waals surface area contributed by atoms with E-state index in [9.17, 15) is 14.7 Å². The van der Waals surface area contributed by atoms with Crippen molar-refractivity contribution in [2.45, 2.75) is 38.1 Å². The quantitative estimate of drug-likeness (QED) is 0.822. The number of carbonyl (C=O) groups is 2. The van der Waals surface area contributed by atoms with Crippen molar-refractivity contribution in [1.29, 1.82) is 0 Å². The molecular weight excluding hydrogens is 332 g/mol. The molecule has 140 valence electrons. The van der Waals surface area contributed by atoms with Crippen molar-refractivity contribution >= 4 is 11.9 Å². The minimum atomic E-state index is -0.937. The van der Waals surface area contributed by atoms with E-state index in [-0.39, 0.29) is 5.91 Å². The van der Waals surface area contributed by atoms with Gasteiger partial charge in [0.2, 0.25) is 5.91 Å². The molecule has 0 aromatic carbocycles. The van der Waals surface area contributed by atoms with Gasteiger partial charge in [0, 0.05) is 56.9 Å². The van der Waals surface area contributed by atoms with Crippen molar-refractivity contribution in [1.82, 2.24) is 19.6 Å². The molecule has 0 bridgehead atoms. The summed E-state index contributed by atoms with van der Waals surface area (Å²) in [6, 6.07) is 0. The number of nitrogens with zero attached hydrogens (tertiary/aromatic N) is 4. The van der Waals surface area contributed by atoms with Gasteiger partial charge in [0.1, 0.15) is 5.41 Å². The number of carbonyl (C=O) groups excluding carboxylic acids is 1. The summed E-state index contributed by atoms with van der Waals surface area (Å²) in [4.78, 5) is 29.0. The summed E-state index contributed by atoms with van der Waals surface area (Å²) in [5.41, 5.74) is 1.54. The molecule has 1 amide bonds. The summed E-state index contributed by atoms with van der Waals surface area (Å²) >= 11 is 0. The van der Waals surface area contributed by atoms with Gasteiger partial charge in [0.05, 0.1) is 12.1 Å². The highest BCUT2D eigenvalue weighted by atomic mass is 16.4. The highest BCUT2D eigenvalue weighted by molar-refractivity contribution is 5.92. The zero-order valence-corrected chi connectivity index (χ0v) is 15.2. The molecule has 5 rings (SSSR count). The number of aryl methyl sites for hydroxylation is 1. The number of rotatable bonds is 6. The van der Waals surface area contributed by atoms with Crippen molar-refractivity contribution < 1.29 is 14.7 Å². The van der Waals surface area contributed by atoms with Crippen molar-refractivity contribution in [3.8, 4) is 0 Å². The van der Waals surface area contributed by atoms with Gasteiger partial charge >= 0.3 is 5.97 Å². The Labute approximate surface area is 152 Å². The summed E-state index contributed by atoms with van der Waals surface area (Å²) in [7, 11) is 1.98. The van der Waals surface area contributed by atoms with E-state index in [0.29, 0.717) is 38.0 Å². The highest BCUT2D eigenvalue weighted by Gasteiger charge is 2.62. The largest absolute Gasteiger partial charge is 0.481 e. The molecule has 7 nitrogen and oxygen atoms in total. The van der Waals surface area contributed by atoms with Gasteiger partial charge < -0.3 is 10.0 Å². The van der Waals surface area contributed by atoms with E-state index in [1.54, 1.807) is 0 Å². The molecule has 2 aliphatic heterocycles. The standard InChI is InChI=1S/C19H26N4O3/c1-21-16(13-4-5-13)14(6-20-21)8-22-9-15-17(24)23(7-12-2-3-12)11-19(15,10-22)18(25)26/h6,12-13,15H,2-5,7-11H2,1H3,(H,25,26)/t15-,19-/m0/s1. The Balaban J connectivity index is 1.35. The van der Waals surface area contributed by atoms with Crippen LogP contribution in [0.15, 0.2) is 6.20 Å². The van der Waals surface area contributed by atoms with E-state index in [0.717, 1.165) is 6.54 Å². The maximum Gasteiger partial charge on any atom is 0.313 e. The first-order chi connectivity index (χ1) is 12.5. The molecule has 2 saturated heterocycles. The average Bonchev–Trinajstić information content (AvgIpc) is 3.50. The molecule has 4 fully saturated rings. The van der Waals surface area contributed by atoms with Crippen molar-refractivity contribution in [3.05, 3.63) is 17.5 Å². The molecule has 2 aliphatic carbocycles. The van der Waals surface area contributed by atoms with Crippen LogP contribution in [-0.4, -0.2) is 62.7 Å². The van der Waals surface area contributed by atoms with Gasteiger partial charge in [-0.3, -0.25) is 19.2 Å². The van der Waals surface area contributed by atoms with Crippen LogP contribution in [0.3, 0.4) is 0 Å². The first-order valence-corrected chi connectivity index (χ1v) is 9.73. The number of carboxylic acids is 1. The third kappa shape index (κ3) is 2.47. The van der Waals surface area contributed by atoms with Crippen LogP contribution in [0.1, 0.15) is 42.9 Å². The topological polar surface area (TPSA) is 78.7 Å². The molecule has 7 heteroatoms. The van der Waals surface area contributed by atoms with Gasteiger partial charge in [-0.05, 0) is 31.6 Å². The fourth-order valence-corrected chi connectivity index (χ4v) is 5.03. The van der Waals surface area contributed by atoms with Crippen molar-refractivity contribution in [3.63, 3.8) is 0 Å². The molecule has 2 atom stereocenters. The number of likely N-dealkylation sites (tertiary alicyclic amines) is 2. The molecular formula is C19H26N4O3. The lowest BCUT2D eigenvalue weighted by Gasteiger charge is -2.25. The van der Waals surface area contributed by atoms with Gasteiger partial charge in [0.25, 0.3) is 0 Å². The van der Waals surface area contributed by atoms with E-state index in [2.05, 4.69) is 10.00 Å². The number of fused-ring (bicyclic) bond motifs is 1. The van der Waals surface area contributed by atoms with Gasteiger partial charge in [-0.1, -0.05) is 0 Å². The van der Waals surface area contributed by atoms with Crippen molar-refractivity contribution in [2.24, 2.45) is 24.3 Å². The van der Waals surface area contributed by atoms with E-state index in [4.69, 9.17) is 0 Å². The van der Waals surface area contributed by atoms with E-state index in [1.165, 1.54) is 36.9 Å². The van der Waals surface area contributed by atoms with Crippen LogP contribution >= 0.6 is 0 Å². The number of amides is 1. The monoisotopic (exact) mass is 358 g/mol. The number of aromatic nitrogens is 2. The molecule has 4 aliphatic rings. The van der Waals surface area contributed by atoms with E-state index in [1.807, 2.05) is 22.8 Å². The lowest BCUT2D eigenvalue weighted by Crippen LogP contribution is -2.41. The minimum Gasteiger partial charge on any atom is -0.481 e. The molecule has 1 N–H and O–H groups in total. The van der Waals surface area contributed by atoms with Crippen LogP contribution < -0.4 is 0 Å². The van der Waals surface area contributed by atoms with Crippen LogP contribution in [0.2, 0.25) is 0 Å². The second kappa shape index (κ2) is 5.55. The summed E-state index contributed by atoms with van der Waals surface area (Å²) in [5.74, 6) is 0.0281. The van der Waals surface area contributed by atoms with Gasteiger partial charge in [-0.15, -0.1) is 0 Å². The highest BCUT2D eigenvalue weighted by Crippen LogP contribution is 2.46. The minimum absolute atomic E-state index is 0.0513. The third-order valence-electron chi connectivity index (χ3n) is 6.72. The van der Waals surface area contributed by atoms with Crippen LogP contribution in [0.5, 0.6) is 0 Å². The SMILES string of the molecule is Cn1ncc(CN2C[C@H]3C(=O)N(CC4CC4)C[C@@]3(C(=O)O)C2)c1C1CC1. The van der Waals surface area contributed by atoms with E-state index < -0.39 is 17.3 Å². The maximum absolute atomic E-state index is 12.9. The fraction of sp³-hybridized carbons (Fsp3) is 0.737. The smallest absolute Gasteiger partial charge is 0.313 e. The predicted octanol–water partition coefficient (Wildman–Crippen LogP) is 1.05. The number of hydrogen-bond donors (Lipinski definition) is 1. The summed E-state index contributed by atoms with van der Waals surface area (Å²) in [6.07, 6.45) is 6.68. The molecule has 3 heterocycles. The van der Waals surface area contributed by atoms with Crippen LogP contribution in [0, 0.1) is 17.3 Å². The molecule has 0 radical (unpaired) electrons. The molecule has 0 spiro atoms. The Morgan fingerprint density at radius 2 is 2.08 bits per heavy atom. The summed E-state index contributed by atoms with van der Waals surface area (Å²) in [6.45, 7) is 2.82. The lowest BCUT2D eigenvalue weighted by molar-refractivity contribution is -0.149. The third-order valence-corrected chi connectivity index (χ3v) is 6.72. The first-order valence-electron chi connectivity index (χ1n) is 9.73. The Kier molecular flexibility index (Phi) is 3.48. The van der Waals surface area contributed by atoms with Gasteiger partial charge in [0.15, 0.2) is 0 Å². The summed E-state index contributed by atoms with van der Waals surface area (Å²) < 4.78 is 1.96. The average molecular weight is 358 g/mol. The zero-order valence-electron chi connectivity index (χ0n) is 15.2. The number of hydrogen-bond acceptors (Lipinski definition) is 4. The molecule has 2 saturated carbocycles. The van der Waals surface area contributed by atoms with Gasteiger partial charge in [-0.25, -0.2) is 0 Å². The fourth-order valence-electron chi connectivity index (χ4n) is 5.03. The molecule has 1 aromatic rings. The summed E-state index contributed by atoms with van der Waals surface area (Å²) in [5, 5.41) is 14.4. The normalized spacial score (nSPS) is 31.7. The van der Waals surface area contributed by atoms with Crippen LogP contribution in [0.25, 0.3) is 0 Å². The Bertz CT molecular complexity index is 767. The molecule has 0 unspecified atom stereocenters. The first kappa shape index (κ1) is 16.3. The predicted molar refractivity (Wildman–Crippen MR) is 93.3 cm³/mol.